The van der Waals surface area contributed by atoms with Crippen molar-refractivity contribution >= 4 is 40.0 Å². The number of benzene rings is 1. The van der Waals surface area contributed by atoms with Gasteiger partial charge in [0, 0.05) is 11.4 Å². The fraction of sp³-hybridized carbons (Fsp3) is 0.385. The van der Waals surface area contributed by atoms with Gasteiger partial charge in [0.15, 0.2) is 11.0 Å². The highest BCUT2D eigenvalue weighted by Gasteiger charge is 2.27. The molecule has 0 atom stereocenters. The summed E-state index contributed by atoms with van der Waals surface area (Å²) in [6.07, 6.45) is 6.61. The van der Waals surface area contributed by atoms with E-state index in [1.807, 2.05) is 28.8 Å². The standard InChI is InChI=1S/C26H30N4O4S2/c1-4-14-30-21(15-34-18-12-10-17(5-2)11-13-18)28-29-26(30)35-16-22(31)27-24-23(25(32)33-3)19-8-6-7-9-20(19)36-24/h4,10-13H,1,5-9,14-16H2,2-3H3,(H,27,31). The summed E-state index contributed by atoms with van der Waals surface area (Å²) in [5, 5.41) is 12.6. The first-order valence-corrected chi connectivity index (χ1v) is 13.7. The molecule has 1 aromatic carbocycles. The Labute approximate surface area is 219 Å². The van der Waals surface area contributed by atoms with Gasteiger partial charge < -0.3 is 14.8 Å². The Bertz CT molecular complexity index is 1230. The maximum atomic E-state index is 12.8. The number of anilines is 1. The van der Waals surface area contributed by atoms with Crippen LogP contribution in [0.25, 0.3) is 0 Å². The third-order valence-corrected chi connectivity index (χ3v) is 8.12. The Hall–Kier alpha value is -3.11. The number of allylic oxidation sites excluding steroid dienone is 1. The van der Waals surface area contributed by atoms with Gasteiger partial charge in [0.2, 0.25) is 5.91 Å². The first kappa shape index (κ1) is 26.0. The van der Waals surface area contributed by atoms with Crippen LogP contribution in [0.15, 0.2) is 42.1 Å². The van der Waals surface area contributed by atoms with E-state index in [1.54, 1.807) is 6.08 Å². The number of thioether (sulfide) groups is 1. The zero-order valence-electron chi connectivity index (χ0n) is 20.5. The van der Waals surface area contributed by atoms with Gasteiger partial charge in [0.1, 0.15) is 17.4 Å². The minimum absolute atomic E-state index is 0.123. The van der Waals surface area contributed by atoms with Crippen LogP contribution in [0.4, 0.5) is 5.00 Å². The minimum atomic E-state index is -0.406. The van der Waals surface area contributed by atoms with Gasteiger partial charge in [0.05, 0.1) is 18.4 Å². The van der Waals surface area contributed by atoms with Gasteiger partial charge in [-0.1, -0.05) is 36.9 Å². The molecule has 1 aliphatic carbocycles. The molecular weight excluding hydrogens is 496 g/mol. The average Bonchev–Trinajstić information content (AvgIpc) is 3.46. The highest BCUT2D eigenvalue weighted by Crippen LogP contribution is 2.38. The molecular formula is C26H30N4O4S2. The number of nitrogens with one attached hydrogen (secondary N) is 1. The number of carbonyl (C=O) groups excluding carboxylic acids is 2. The Morgan fingerprint density at radius 2 is 2.00 bits per heavy atom. The van der Waals surface area contributed by atoms with Gasteiger partial charge in [-0.15, -0.1) is 28.1 Å². The second kappa shape index (κ2) is 12.2. The minimum Gasteiger partial charge on any atom is -0.486 e. The molecule has 2 aromatic heterocycles. The third-order valence-electron chi connectivity index (χ3n) is 5.95. The van der Waals surface area contributed by atoms with Crippen LogP contribution in [0.1, 0.15) is 52.0 Å². The number of amides is 1. The maximum absolute atomic E-state index is 12.8. The Morgan fingerprint density at radius 1 is 1.22 bits per heavy atom. The summed E-state index contributed by atoms with van der Waals surface area (Å²) in [4.78, 5) is 26.4. The Balaban J connectivity index is 1.41. The van der Waals surface area contributed by atoms with Crippen molar-refractivity contribution in [1.29, 1.82) is 0 Å². The average molecular weight is 527 g/mol. The van der Waals surface area contributed by atoms with Gasteiger partial charge in [-0.05, 0) is 55.4 Å². The molecule has 0 fully saturated rings. The van der Waals surface area contributed by atoms with Crippen molar-refractivity contribution in [1.82, 2.24) is 14.8 Å². The molecule has 1 N–H and O–H groups in total. The van der Waals surface area contributed by atoms with Crippen LogP contribution >= 0.6 is 23.1 Å². The maximum Gasteiger partial charge on any atom is 0.341 e. The molecule has 4 rings (SSSR count). The molecule has 190 valence electrons. The summed E-state index contributed by atoms with van der Waals surface area (Å²) in [6, 6.07) is 7.97. The first-order chi connectivity index (χ1) is 17.5. The van der Waals surface area contributed by atoms with Crippen molar-refractivity contribution < 1.29 is 19.1 Å². The normalized spacial score (nSPS) is 12.6. The van der Waals surface area contributed by atoms with Crippen molar-refractivity contribution in [3.8, 4) is 5.75 Å². The highest BCUT2D eigenvalue weighted by atomic mass is 32.2. The molecule has 0 saturated carbocycles. The smallest absolute Gasteiger partial charge is 0.341 e. The van der Waals surface area contributed by atoms with Crippen molar-refractivity contribution in [3.63, 3.8) is 0 Å². The van der Waals surface area contributed by atoms with Crippen LogP contribution in [0, 0.1) is 0 Å². The number of hydrogen-bond donors (Lipinski definition) is 1. The predicted molar refractivity (Wildman–Crippen MR) is 142 cm³/mol. The second-order valence-electron chi connectivity index (χ2n) is 8.33. The zero-order chi connectivity index (χ0) is 25.5. The van der Waals surface area contributed by atoms with Crippen LogP contribution in [-0.2, 0) is 41.9 Å². The van der Waals surface area contributed by atoms with E-state index >= 15 is 0 Å². The lowest BCUT2D eigenvalue weighted by Gasteiger charge is -2.11. The van der Waals surface area contributed by atoms with E-state index in [-0.39, 0.29) is 18.3 Å². The molecule has 8 nitrogen and oxygen atoms in total. The van der Waals surface area contributed by atoms with E-state index in [9.17, 15) is 9.59 Å². The predicted octanol–water partition coefficient (Wildman–Crippen LogP) is 5.06. The highest BCUT2D eigenvalue weighted by molar-refractivity contribution is 7.99. The number of thiophene rings is 1. The SMILES string of the molecule is C=CCn1c(COc2ccc(CC)cc2)nnc1SCC(=O)Nc1sc2c(c1C(=O)OC)CCCC2. The number of ether oxygens (including phenoxy) is 2. The molecule has 0 saturated heterocycles. The van der Waals surface area contributed by atoms with E-state index in [2.05, 4.69) is 29.0 Å². The van der Waals surface area contributed by atoms with Gasteiger partial charge in [0.25, 0.3) is 0 Å². The van der Waals surface area contributed by atoms with E-state index in [1.165, 1.54) is 35.8 Å². The topological polar surface area (TPSA) is 95.3 Å². The molecule has 1 aliphatic rings. The second-order valence-corrected chi connectivity index (χ2v) is 10.4. The van der Waals surface area contributed by atoms with Crippen LogP contribution < -0.4 is 10.1 Å². The molecule has 3 aromatic rings. The van der Waals surface area contributed by atoms with Crippen molar-refractivity contribution in [3.05, 3.63) is 64.3 Å². The van der Waals surface area contributed by atoms with Crippen molar-refractivity contribution in [2.75, 3.05) is 18.2 Å². The number of fused-ring (bicyclic) bond motifs is 1. The van der Waals surface area contributed by atoms with E-state index in [4.69, 9.17) is 9.47 Å². The van der Waals surface area contributed by atoms with Gasteiger partial charge in [-0.3, -0.25) is 9.36 Å². The quantitative estimate of drug-likeness (QED) is 0.212. The Kier molecular flexibility index (Phi) is 8.82. The molecule has 36 heavy (non-hydrogen) atoms. The number of hydrogen-bond acceptors (Lipinski definition) is 8. The monoisotopic (exact) mass is 526 g/mol. The van der Waals surface area contributed by atoms with Gasteiger partial charge >= 0.3 is 5.97 Å². The van der Waals surface area contributed by atoms with Gasteiger partial charge in [-0.2, -0.15) is 0 Å². The molecule has 0 spiro atoms. The summed E-state index contributed by atoms with van der Waals surface area (Å²) in [7, 11) is 1.37. The zero-order valence-corrected chi connectivity index (χ0v) is 22.2. The van der Waals surface area contributed by atoms with Crippen LogP contribution in [-0.4, -0.2) is 39.5 Å². The Morgan fingerprint density at radius 3 is 2.72 bits per heavy atom. The van der Waals surface area contributed by atoms with Gasteiger partial charge in [-0.25, -0.2) is 4.79 Å². The number of esters is 1. The third kappa shape index (κ3) is 5.99. The number of aryl methyl sites for hydroxylation is 2. The van der Waals surface area contributed by atoms with E-state index in [0.29, 0.717) is 28.1 Å². The fourth-order valence-corrected chi connectivity index (χ4v) is 6.14. The van der Waals surface area contributed by atoms with Crippen LogP contribution in [0.2, 0.25) is 0 Å². The van der Waals surface area contributed by atoms with Crippen molar-refractivity contribution in [2.45, 2.75) is 57.3 Å². The molecule has 0 aliphatic heterocycles. The summed E-state index contributed by atoms with van der Waals surface area (Å²) in [5.41, 5.74) is 2.76. The molecule has 0 radical (unpaired) electrons. The lowest BCUT2D eigenvalue weighted by atomic mass is 9.95. The molecule has 2 heterocycles. The number of aromatic nitrogens is 3. The summed E-state index contributed by atoms with van der Waals surface area (Å²) >= 11 is 2.75. The van der Waals surface area contributed by atoms with E-state index < -0.39 is 5.97 Å². The first-order valence-electron chi connectivity index (χ1n) is 11.9. The molecule has 1 amide bonds. The summed E-state index contributed by atoms with van der Waals surface area (Å²) < 4.78 is 12.8. The summed E-state index contributed by atoms with van der Waals surface area (Å²) in [5.74, 6) is 0.908. The number of nitrogens with zero attached hydrogens (tertiary/aromatic N) is 3. The number of methoxy groups -OCH3 is 1. The molecule has 0 bridgehead atoms. The van der Waals surface area contributed by atoms with Crippen LogP contribution in [0.5, 0.6) is 5.75 Å². The number of rotatable bonds is 11. The fourth-order valence-electron chi connectivity index (χ4n) is 4.08. The lowest BCUT2D eigenvalue weighted by molar-refractivity contribution is -0.113. The van der Waals surface area contributed by atoms with Crippen molar-refractivity contribution in [2.24, 2.45) is 0 Å². The lowest BCUT2D eigenvalue weighted by Crippen LogP contribution is -2.17. The molecule has 0 unspecified atom stereocenters. The largest absolute Gasteiger partial charge is 0.486 e. The number of carbonyl (C=O) groups is 2. The van der Waals surface area contributed by atoms with Crippen LogP contribution in [0.3, 0.4) is 0 Å². The van der Waals surface area contributed by atoms with E-state index in [0.717, 1.165) is 48.3 Å². The summed E-state index contributed by atoms with van der Waals surface area (Å²) in [6.45, 7) is 6.68. The molecule has 10 heteroatoms.